The van der Waals surface area contributed by atoms with Crippen LogP contribution in [0.5, 0.6) is 0 Å². The molecule has 7 aromatic carbocycles. The molecule has 1 unspecified atom stereocenters. The molecule has 4 nitrogen and oxygen atoms in total. The lowest BCUT2D eigenvalue weighted by Gasteiger charge is -2.20. The van der Waals surface area contributed by atoms with Crippen molar-refractivity contribution in [3.8, 4) is 45.3 Å². The van der Waals surface area contributed by atoms with E-state index in [2.05, 4.69) is 197 Å². The lowest BCUT2D eigenvalue weighted by molar-refractivity contribution is 0.826. The lowest BCUT2D eigenvalue weighted by atomic mass is 9.86. The summed E-state index contributed by atoms with van der Waals surface area (Å²) < 4.78 is 4.66. The molecule has 3 heterocycles. The van der Waals surface area contributed by atoms with Crippen LogP contribution in [-0.4, -0.2) is 19.1 Å². The van der Waals surface area contributed by atoms with Crippen molar-refractivity contribution in [2.75, 3.05) is 0 Å². The molecule has 3 aromatic heterocycles. The van der Waals surface area contributed by atoms with E-state index in [-0.39, 0.29) is 5.92 Å². The Balaban J connectivity index is 1.01. The lowest BCUT2D eigenvalue weighted by Crippen LogP contribution is -2.07. The van der Waals surface area contributed by atoms with Crippen molar-refractivity contribution in [3.05, 3.63) is 211 Å². The van der Waals surface area contributed by atoms with Gasteiger partial charge in [-0.25, -0.2) is 9.97 Å². The predicted octanol–water partition coefficient (Wildman–Crippen LogP) is 12.9. The highest BCUT2D eigenvalue weighted by molar-refractivity contribution is 6.09. The van der Waals surface area contributed by atoms with E-state index in [1.807, 2.05) is 12.1 Å². The summed E-state index contributed by atoms with van der Waals surface area (Å²) in [4.78, 5) is 10.4. The first kappa shape index (κ1) is 32.2. The third kappa shape index (κ3) is 5.38. The minimum Gasteiger partial charge on any atom is -0.310 e. The fourth-order valence-electron chi connectivity index (χ4n) is 8.64. The highest BCUT2D eigenvalue weighted by atomic mass is 15.2. The molecule has 0 fully saturated rings. The molecule has 1 aliphatic rings. The van der Waals surface area contributed by atoms with Gasteiger partial charge in [0.2, 0.25) is 5.95 Å². The van der Waals surface area contributed by atoms with Crippen molar-refractivity contribution in [1.29, 1.82) is 0 Å². The van der Waals surface area contributed by atoms with Crippen LogP contribution in [-0.2, 0) is 6.42 Å². The average Bonchev–Trinajstić information content (AvgIpc) is 3.79. The van der Waals surface area contributed by atoms with E-state index in [4.69, 9.17) is 9.97 Å². The van der Waals surface area contributed by atoms with Gasteiger partial charge in [0.25, 0.3) is 0 Å². The highest BCUT2D eigenvalue weighted by Gasteiger charge is 2.25. The van der Waals surface area contributed by atoms with E-state index in [1.165, 1.54) is 55.3 Å². The number of benzene rings is 7. The molecular weight excluding hydrogens is 681 g/mol. The van der Waals surface area contributed by atoms with Crippen LogP contribution in [0.4, 0.5) is 0 Å². The molecule has 4 heteroatoms. The number of fused-ring (bicyclic) bond motifs is 6. The van der Waals surface area contributed by atoms with E-state index in [1.54, 1.807) is 0 Å². The summed E-state index contributed by atoms with van der Waals surface area (Å²) in [5.74, 6) is 0.895. The number of hydrogen-bond donors (Lipinski definition) is 0. The number of nitrogens with zero attached hydrogens (tertiary/aromatic N) is 4. The molecule has 0 aliphatic heterocycles. The summed E-state index contributed by atoms with van der Waals surface area (Å²) in [6.45, 7) is 0. The first-order valence-corrected chi connectivity index (χ1v) is 19.3. The molecule has 0 saturated heterocycles. The minimum atomic E-state index is 0.232. The van der Waals surface area contributed by atoms with Crippen LogP contribution < -0.4 is 0 Å². The van der Waals surface area contributed by atoms with Crippen LogP contribution >= 0.6 is 0 Å². The Morgan fingerprint density at radius 3 is 1.62 bits per heavy atom. The maximum Gasteiger partial charge on any atom is 0.235 e. The number of para-hydroxylation sites is 2. The molecule has 56 heavy (non-hydrogen) atoms. The molecule has 1 atom stereocenters. The van der Waals surface area contributed by atoms with Gasteiger partial charge in [-0.05, 0) is 77.2 Å². The van der Waals surface area contributed by atoms with Crippen molar-refractivity contribution in [2.45, 2.75) is 12.3 Å². The maximum absolute atomic E-state index is 5.22. The topological polar surface area (TPSA) is 35.6 Å². The van der Waals surface area contributed by atoms with Gasteiger partial charge in [0.15, 0.2) is 0 Å². The zero-order chi connectivity index (χ0) is 37.0. The van der Waals surface area contributed by atoms with Gasteiger partial charge in [0, 0.05) is 44.6 Å². The largest absolute Gasteiger partial charge is 0.310 e. The minimum absolute atomic E-state index is 0.232. The van der Waals surface area contributed by atoms with Crippen molar-refractivity contribution >= 4 is 38.8 Å². The molecule has 0 saturated carbocycles. The Hall–Kier alpha value is -7.30. The first-order valence-electron chi connectivity index (χ1n) is 19.3. The Bertz CT molecular complexity index is 3030. The number of aromatic nitrogens is 4. The van der Waals surface area contributed by atoms with Gasteiger partial charge in [0.05, 0.1) is 27.9 Å². The predicted molar refractivity (Wildman–Crippen MR) is 231 cm³/mol. The summed E-state index contributed by atoms with van der Waals surface area (Å²) in [7, 11) is 0. The van der Waals surface area contributed by atoms with Crippen molar-refractivity contribution in [2.24, 2.45) is 0 Å². The molecular formula is C52H36N4. The third-order valence-corrected chi connectivity index (χ3v) is 11.3. The van der Waals surface area contributed by atoms with Crippen LogP contribution in [0.3, 0.4) is 0 Å². The van der Waals surface area contributed by atoms with E-state index >= 15 is 0 Å². The number of rotatable bonds is 6. The summed E-state index contributed by atoms with van der Waals surface area (Å²) in [5, 5.41) is 3.70. The molecule has 0 bridgehead atoms. The molecule has 1 aliphatic carbocycles. The molecule has 10 aromatic rings. The van der Waals surface area contributed by atoms with Crippen molar-refractivity contribution in [1.82, 2.24) is 19.1 Å². The highest BCUT2D eigenvalue weighted by Crippen LogP contribution is 2.41. The van der Waals surface area contributed by atoms with Gasteiger partial charge in [-0.15, -0.1) is 0 Å². The van der Waals surface area contributed by atoms with Crippen LogP contribution in [0.2, 0.25) is 0 Å². The first-order chi connectivity index (χ1) is 27.8. The number of hydrogen-bond acceptors (Lipinski definition) is 2. The van der Waals surface area contributed by atoms with Gasteiger partial charge in [0.1, 0.15) is 0 Å². The summed E-state index contributed by atoms with van der Waals surface area (Å²) in [5.41, 5.74) is 14.9. The SMILES string of the molecule is C1=CC(c2ccc3c(c2)c2ccccc2n3-c2nc(-c3ccccc3)cc(-c3ccccc3)n2)Cc2c1n(-c1ccc(-c3ccccc3)cc1)c1ccccc21. The fraction of sp³-hybridized carbons (Fsp3) is 0.0385. The second kappa shape index (κ2) is 13.2. The van der Waals surface area contributed by atoms with E-state index in [0.717, 1.165) is 40.0 Å². The molecule has 0 N–H and O–H groups in total. The summed E-state index contributed by atoms with van der Waals surface area (Å²) in [6.07, 6.45) is 5.67. The monoisotopic (exact) mass is 716 g/mol. The zero-order valence-corrected chi connectivity index (χ0v) is 30.6. The van der Waals surface area contributed by atoms with Crippen LogP contribution in [0.15, 0.2) is 194 Å². The van der Waals surface area contributed by atoms with Gasteiger partial charge in [-0.2, -0.15) is 0 Å². The van der Waals surface area contributed by atoms with Crippen LogP contribution in [0.1, 0.15) is 22.7 Å². The van der Waals surface area contributed by atoms with Crippen LogP contribution in [0, 0.1) is 0 Å². The summed E-state index contributed by atoms with van der Waals surface area (Å²) in [6, 6.07) is 66.9. The Kier molecular flexibility index (Phi) is 7.59. The van der Waals surface area contributed by atoms with E-state index in [0.29, 0.717) is 5.95 Å². The molecule has 0 radical (unpaired) electrons. The molecule has 0 amide bonds. The van der Waals surface area contributed by atoms with Crippen molar-refractivity contribution in [3.63, 3.8) is 0 Å². The molecule has 264 valence electrons. The number of allylic oxidation sites excluding steroid dienone is 1. The zero-order valence-electron chi connectivity index (χ0n) is 30.6. The van der Waals surface area contributed by atoms with Crippen molar-refractivity contribution < 1.29 is 0 Å². The second-order valence-electron chi connectivity index (χ2n) is 14.6. The molecule has 11 rings (SSSR count). The van der Waals surface area contributed by atoms with E-state index in [9.17, 15) is 0 Å². The van der Waals surface area contributed by atoms with Crippen LogP contribution in [0.25, 0.3) is 84.1 Å². The second-order valence-corrected chi connectivity index (χ2v) is 14.6. The summed E-state index contributed by atoms with van der Waals surface area (Å²) >= 11 is 0. The maximum atomic E-state index is 5.22. The quantitative estimate of drug-likeness (QED) is 0.172. The Morgan fingerprint density at radius 1 is 0.429 bits per heavy atom. The average molecular weight is 717 g/mol. The van der Waals surface area contributed by atoms with Gasteiger partial charge < -0.3 is 4.57 Å². The molecule has 0 spiro atoms. The Labute approximate surface area is 325 Å². The van der Waals surface area contributed by atoms with E-state index < -0.39 is 0 Å². The Morgan fingerprint density at radius 2 is 0.964 bits per heavy atom. The normalized spacial score (nSPS) is 13.8. The third-order valence-electron chi connectivity index (χ3n) is 11.3. The smallest absolute Gasteiger partial charge is 0.235 e. The standard InChI is InChI=1S/C52H36N4/c1-4-14-35(15-5-1)36-24-28-41(29-25-36)55-48-22-12-10-20-42(48)44-32-39(26-30-50(44)55)40-27-31-51-45(33-40)43-21-11-13-23-49(43)56(51)52-53-46(37-16-6-2-7-17-37)34-47(54-52)38-18-8-3-9-19-38/h1-31,33-34,39H,32H2. The van der Waals surface area contributed by atoms with Gasteiger partial charge in [-0.3, -0.25) is 4.57 Å². The van der Waals surface area contributed by atoms with Gasteiger partial charge in [-0.1, -0.05) is 152 Å². The van der Waals surface area contributed by atoms with Gasteiger partial charge >= 0.3 is 0 Å². The fourth-order valence-corrected chi connectivity index (χ4v) is 8.64.